The molecule has 1 aliphatic rings. The van der Waals surface area contributed by atoms with E-state index in [4.69, 9.17) is 9.15 Å². The van der Waals surface area contributed by atoms with Gasteiger partial charge in [0.15, 0.2) is 0 Å². The van der Waals surface area contributed by atoms with Gasteiger partial charge in [0.05, 0.1) is 30.8 Å². The Hall–Kier alpha value is -3.69. The Morgan fingerprint density at radius 3 is 2.61 bits per heavy atom. The summed E-state index contributed by atoms with van der Waals surface area (Å²) in [5.41, 5.74) is 8.14. The Morgan fingerprint density at radius 2 is 1.86 bits per heavy atom. The molecule has 0 spiro atoms. The van der Waals surface area contributed by atoms with Crippen LogP contribution in [0.1, 0.15) is 38.1 Å². The SMILES string of the molecule is Cc1oc(-c2ccccc2NC(=O)CCOc2ccccc2)nc1CNC(=O)C1CC(C(C)C)NN1. The van der Waals surface area contributed by atoms with Crippen molar-refractivity contribution in [3.05, 3.63) is 66.1 Å². The minimum atomic E-state index is -0.286. The molecule has 2 unspecified atom stereocenters. The van der Waals surface area contributed by atoms with Crippen molar-refractivity contribution in [3.8, 4) is 17.2 Å². The summed E-state index contributed by atoms with van der Waals surface area (Å²) in [6.07, 6.45) is 0.933. The lowest BCUT2D eigenvalue weighted by Gasteiger charge is -2.12. The molecule has 190 valence electrons. The lowest BCUT2D eigenvalue weighted by molar-refractivity contribution is -0.123. The fourth-order valence-electron chi connectivity index (χ4n) is 3.96. The standard InChI is InChI=1S/C27H33N5O4/c1-17(2)22-15-23(32-31-22)26(34)28-16-24-18(3)36-27(30-24)20-11-7-8-12-21(20)29-25(33)13-14-35-19-9-5-4-6-10-19/h4-12,17,22-23,31-32H,13-16H2,1-3H3,(H,28,34)(H,29,33). The predicted octanol–water partition coefficient (Wildman–Crippen LogP) is 3.56. The van der Waals surface area contributed by atoms with Crippen molar-refractivity contribution in [1.82, 2.24) is 21.2 Å². The van der Waals surface area contributed by atoms with Gasteiger partial charge in [-0.3, -0.25) is 15.0 Å². The number of aromatic nitrogens is 1. The molecule has 1 saturated heterocycles. The topological polar surface area (TPSA) is 118 Å². The smallest absolute Gasteiger partial charge is 0.238 e. The van der Waals surface area contributed by atoms with Crippen LogP contribution in [-0.4, -0.2) is 35.5 Å². The first kappa shape index (κ1) is 25.4. The minimum absolute atomic E-state index is 0.0833. The Kier molecular flexibility index (Phi) is 8.35. The fraction of sp³-hybridized carbons (Fsp3) is 0.370. The molecular weight excluding hydrogens is 458 g/mol. The van der Waals surface area contributed by atoms with Crippen LogP contribution in [0.3, 0.4) is 0 Å². The zero-order valence-electron chi connectivity index (χ0n) is 20.8. The predicted molar refractivity (Wildman–Crippen MR) is 137 cm³/mol. The van der Waals surface area contributed by atoms with E-state index in [1.54, 1.807) is 6.07 Å². The summed E-state index contributed by atoms with van der Waals surface area (Å²) < 4.78 is 11.5. The van der Waals surface area contributed by atoms with E-state index in [2.05, 4.69) is 40.3 Å². The summed E-state index contributed by atoms with van der Waals surface area (Å²) >= 11 is 0. The maximum Gasteiger partial charge on any atom is 0.238 e. The number of aryl methyl sites for hydroxylation is 1. The summed E-state index contributed by atoms with van der Waals surface area (Å²) in [6, 6.07) is 16.7. The number of oxazole rings is 1. The molecule has 2 aromatic carbocycles. The second-order valence-corrected chi connectivity index (χ2v) is 9.17. The molecule has 9 nitrogen and oxygen atoms in total. The summed E-state index contributed by atoms with van der Waals surface area (Å²) in [5.74, 6) is 1.90. The lowest BCUT2D eigenvalue weighted by atomic mass is 9.99. The number of amides is 2. The van der Waals surface area contributed by atoms with E-state index in [9.17, 15) is 9.59 Å². The minimum Gasteiger partial charge on any atom is -0.493 e. The first-order valence-electron chi connectivity index (χ1n) is 12.2. The maximum atomic E-state index is 12.6. The lowest BCUT2D eigenvalue weighted by Crippen LogP contribution is -2.43. The van der Waals surface area contributed by atoms with Crippen LogP contribution >= 0.6 is 0 Å². The molecule has 4 N–H and O–H groups in total. The molecule has 1 aliphatic heterocycles. The Morgan fingerprint density at radius 1 is 1.11 bits per heavy atom. The molecule has 36 heavy (non-hydrogen) atoms. The maximum absolute atomic E-state index is 12.6. The average Bonchev–Trinajstić information content (AvgIpc) is 3.51. The van der Waals surface area contributed by atoms with E-state index in [0.717, 1.165) is 12.2 Å². The first-order chi connectivity index (χ1) is 17.4. The van der Waals surface area contributed by atoms with Crippen LogP contribution in [-0.2, 0) is 16.1 Å². The van der Waals surface area contributed by atoms with Crippen molar-refractivity contribution in [1.29, 1.82) is 0 Å². The van der Waals surface area contributed by atoms with Crippen LogP contribution in [0.25, 0.3) is 11.5 Å². The number of rotatable bonds is 10. The number of nitrogens with zero attached hydrogens (tertiary/aromatic N) is 1. The Balaban J connectivity index is 1.34. The monoisotopic (exact) mass is 491 g/mol. The molecule has 3 aromatic rings. The molecule has 0 bridgehead atoms. The Labute approximate surface area is 211 Å². The summed E-state index contributed by atoms with van der Waals surface area (Å²) in [4.78, 5) is 29.7. The van der Waals surface area contributed by atoms with E-state index >= 15 is 0 Å². The van der Waals surface area contributed by atoms with Gasteiger partial charge in [0.1, 0.15) is 23.2 Å². The molecule has 0 aliphatic carbocycles. The highest BCUT2D eigenvalue weighted by Gasteiger charge is 2.30. The van der Waals surface area contributed by atoms with E-state index in [0.29, 0.717) is 34.5 Å². The van der Waals surface area contributed by atoms with E-state index in [1.807, 2.05) is 55.5 Å². The molecule has 2 atom stereocenters. The van der Waals surface area contributed by atoms with Gasteiger partial charge in [-0.15, -0.1) is 0 Å². The van der Waals surface area contributed by atoms with Crippen LogP contribution < -0.4 is 26.2 Å². The third-order valence-corrected chi connectivity index (χ3v) is 6.15. The summed E-state index contributed by atoms with van der Waals surface area (Å²) in [6.45, 7) is 6.58. The highest BCUT2D eigenvalue weighted by atomic mass is 16.5. The molecule has 4 rings (SSSR count). The van der Waals surface area contributed by atoms with Crippen molar-refractivity contribution in [2.75, 3.05) is 11.9 Å². The summed E-state index contributed by atoms with van der Waals surface area (Å²) in [5, 5.41) is 5.86. The second-order valence-electron chi connectivity index (χ2n) is 9.17. The van der Waals surface area contributed by atoms with Crippen molar-refractivity contribution in [2.24, 2.45) is 5.92 Å². The van der Waals surface area contributed by atoms with E-state index in [1.165, 1.54) is 0 Å². The van der Waals surface area contributed by atoms with Crippen molar-refractivity contribution in [2.45, 2.75) is 52.2 Å². The molecule has 2 amide bonds. The number of para-hydroxylation sites is 2. The zero-order chi connectivity index (χ0) is 25.5. The number of ether oxygens (including phenoxy) is 1. The molecule has 2 heterocycles. The number of carbonyl (C=O) groups excluding carboxylic acids is 2. The highest BCUT2D eigenvalue weighted by Crippen LogP contribution is 2.29. The number of anilines is 1. The largest absolute Gasteiger partial charge is 0.493 e. The molecule has 0 saturated carbocycles. The van der Waals surface area contributed by atoms with Gasteiger partial charge < -0.3 is 19.8 Å². The van der Waals surface area contributed by atoms with Gasteiger partial charge in [0.25, 0.3) is 0 Å². The molecule has 9 heteroatoms. The number of hydrazine groups is 1. The van der Waals surface area contributed by atoms with Gasteiger partial charge in [0.2, 0.25) is 17.7 Å². The highest BCUT2D eigenvalue weighted by molar-refractivity contribution is 5.94. The van der Waals surface area contributed by atoms with Gasteiger partial charge in [-0.25, -0.2) is 10.4 Å². The number of hydrogen-bond donors (Lipinski definition) is 4. The molecular formula is C27H33N5O4. The third kappa shape index (κ3) is 6.50. The van der Waals surface area contributed by atoms with Crippen molar-refractivity contribution >= 4 is 17.5 Å². The average molecular weight is 492 g/mol. The second kappa shape index (κ2) is 11.8. The number of carbonyl (C=O) groups is 2. The first-order valence-corrected chi connectivity index (χ1v) is 12.2. The van der Waals surface area contributed by atoms with Crippen LogP contribution in [0.15, 0.2) is 59.0 Å². The van der Waals surface area contributed by atoms with Crippen molar-refractivity contribution in [3.63, 3.8) is 0 Å². The van der Waals surface area contributed by atoms with E-state index < -0.39 is 0 Å². The quantitative estimate of drug-likeness (QED) is 0.343. The zero-order valence-corrected chi connectivity index (χ0v) is 20.8. The number of hydrogen-bond acceptors (Lipinski definition) is 7. The van der Waals surface area contributed by atoms with Gasteiger partial charge in [-0.1, -0.05) is 44.2 Å². The van der Waals surface area contributed by atoms with Gasteiger partial charge in [-0.2, -0.15) is 0 Å². The molecule has 1 aromatic heterocycles. The number of benzene rings is 2. The van der Waals surface area contributed by atoms with Gasteiger partial charge in [0, 0.05) is 6.04 Å². The van der Waals surface area contributed by atoms with E-state index in [-0.39, 0.29) is 43.5 Å². The van der Waals surface area contributed by atoms with Gasteiger partial charge in [-0.05, 0) is 43.5 Å². The molecule has 0 radical (unpaired) electrons. The van der Waals surface area contributed by atoms with Crippen LogP contribution in [0.4, 0.5) is 5.69 Å². The normalized spacial score (nSPS) is 17.2. The van der Waals surface area contributed by atoms with Crippen LogP contribution in [0, 0.1) is 12.8 Å². The Bertz CT molecular complexity index is 1180. The van der Waals surface area contributed by atoms with Gasteiger partial charge >= 0.3 is 0 Å². The summed E-state index contributed by atoms with van der Waals surface area (Å²) in [7, 11) is 0. The third-order valence-electron chi connectivity index (χ3n) is 6.15. The fourth-order valence-corrected chi connectivity index (χ4v) is 3.96. The van der Waals surface area contributed by atoms with Crippen LogP contribution in [0.2, 0.25) is 0 Å². The molecule has 1 fully saturated rings. The van der Waals surface area contributed by atoms with Crippen molar-refractivity contribution < 1.29 is 18.7 Å². The number of nitrogens with one attached hydrogen (secondary N) is 4. The van der Waals surface area contributed by atoms with Crippen LogP contribution in [0.5, 0.6) is 5.75 Å².